The predicted octanol–water partition coefficient (Wildman–Crippen LogP) is 3.13. The summed E-state index contributed by atoms with van der Waals surface area (Å²) >= 11 is 0. The van der Waals surface area contributed by atoms with E-state index >= 15 is 0 Å². The molecule has 3 rings (SSSR count). The van der Waals surface area contributed by atoms with Crippen molar-refractivity contribution in [3.63, 3.8) is 0 Å². The number of benzene rings is 2. The van der Waals surface area contributed by atoms with Crippen LogP contribution in [0.5, 0.6) is 0 Å². The lowest BCUT2D eigenvalue weighted by atomic mass is 10.2. The van der Waals surface area contributed by atoms with Crippen molar-refractivity contribution in [2.45, 2.75) is 13.1 Å². The smallest absolute Gasteiger partial charge is 0.159 e. The van der Waals surface area contributed by atoms with Gasteiger partial charge in [0.25, 0.3) is 0 Å². The quantitative estimate of drug-likeness (QED) is 0.766. The molecule has 0 amide bonds. The monoisotopic (exact) mass is 273 g/mol. The van der Waals surface area contributed by atoms with Gasteiger partial charge in [0.1, 0.15) is 5.82 Å². The molecule has 1 aromatic heterocycles. The van der Waals surface area contributed by atoms with E-state index in [9.17, 15) is 8.78 Å². The molecule has 0 unspecified atom stereocenters. The van der Waals surface area contributed by atoms with Crippen LogP contribution in [-0.4, -0.2) is 9.97 Å². The fourth-order valence-corrected chi connectivity index (χ4v) is 2.06. The number of halogens is 2. The molecule has 3 aromatic rings. The van der Waals surface area contributed by atoms with Crippen molar-refractivity contribution in [2.75, 3.05) is 0 Å². The molecule has 0 aliphatic carbocycles. The highest BCUT2D eigenvalue weighted by atomic mass is 19.2. The summed E-state index contributed by atoms with van der Waals surface area (Å²) in [5, 5.41) is 3.14. The van der Waals surface area contributed by atoms with Gasteiger partial charge >= 0.3 is 0 Å². The standard InChI is InChI=1S/C15H13F2N3/c16-11-6-5-10(7-12(11)17)8-18-9-15-19-13-3-1-2-4-14(13)20-15/h1-7,18H,8-9H2,(H,19,20). The first-order chi connectivity index (χ1) is 9.72. The van der Waals surface area contributed by atoms with Crippen LogP contribution in [0.4, 0.5) is 8.78 Å². The van der Waals surface area contributed by atoms with Gasteiger partial charge < -0.3 is 10.3 Å². The van der Waals surface area contributed by atoms with Gasteiger partial charge in [-0.05, 0) is 29.8 Å². The molecule has 5 heteroatoms. The molecule has 0 aliphatic heterocycles. The minimum Gasteiger partial charge on any atom is -0.341 e. The molecular formula is C15H13F2N3. The summed E-state index contributed by atoms with van der Waals surface area (Å²) in [6.07, 6.45) is 0. The number of aromatic nitrogens is 2. The van der Waals surface area contributed by atoms with Crippen LogP contribution in [0.15, 0.2) is 42.5 Å². The van der Waals surface area contributed by atoms with Crippen LogP contribution >= 0.6 is 0 Å². The van der Waals surface area contributed by atoms with Gasteiger partial charge in [-0.3, -0.25) is 0 Å². The minimum atomic E-state index is -0.828. The zero-order valence-corrected chi connectivity index (χ0v) is 10.7. The van der Waals surface area contributed by atoms with Gasteiger partial charge in [0, 0.05) is 6.54 Å². The van der Waals surface area contributed by atoms with Crippen molar-refractivity contribution in [3.05, 3.63) is 65.5 Å². The van der Waals surface area contributed by atoms with Crippen LogP contribution in [0.25, 0.3) is 11.0 Å². The Balaban J connectivity index is 1.63. The summed E-state index contributed by atoms with van der Waals surface area (Å²) < 4.78 is 25.8. The second-order valence-corrected chi connectivity index (χ2v) is 4.55. The van der Waals surface area contributed by atoms with Crippen molar-refractivity contribution < 1.29 is 8.78 Å². The van der Waals surface area contributed by atoms with E-state index in [2.05, 4.69) is 15.3 Å². The molecule has 0 aliphatic rings. The van der Waals surface area contributed by atoms with Crippen LogP contribution in [0.2, 0.25) is 0 Å². The number of nitrogens with one attached hydrogen (secondary N) is 2. The van der Waals surface area contributed by atoms with E-state index in [0.717, 1.165) is 22.9 Å². The summed E-state index contributed by atoms with van der Waals surface area (Å²) in [6, 6.07) is 11.7. The Morgan fingerprint density at radius 1 is 1.00 bits per heavy atom. The third-order valence-corrected chi connectivity index (χ3v) is 3.04. The SMILES string of the molecule is Fc1ccc(CNCc2nc3ccccc3[nH]2)cc1F. The van der Waals surface area contributed by atoms with Gasteiger partial charge in [0.15, 0.2) is 11.6 Å². The zero-order chi connectivity index (χ0) is 13.9. The van der Waals surface area contributed by atoms with Crippen LogP contribution in [0.1, 0.15) is 11.4 Å². The first-order valence-electron chi connectivity index (χ1n) is 6.30. The second-order valence-electron chi connectivity index (χ2n) is 4.55. The van der Waals surface area contributed by atoms with Gasteiger partial charge in [-0.25, -0.2) is 13.8 Å². The largest absolute Gasteiger partial charge is 0.341 e. The van der Waals surface area contributed by atoms with E-state index in [0.29, 0.717) is 18.7 Å². The van der Waals surface area contributed by atoms with E-state index in [1.165, 1.54) is 6.07 Å². The van der Waals surface area contributed by atoms with Gasteiger partial charge in [0.2, 0.25) is 0 Å². The molecule has 102 valence electrons. The number of fused-ring (bicyclic) bond motifs is 1. The number of hydrogen-bond donors (Lipinski definition) is 2. The minimum absolute atomic E-state index is 0.453. The van der Waals surface area contributed by atoms with Gasteiger partial charge in [-0.1, -0.05) is 18.2 Å². The molecule has 0 radical (unpaired) electrons. The van der Waals surface area contributed by atoms with E-state index in [1.54, 1.807) is 6.07 Å². The van der Waals surface area contributed by atoms with Crippen LogP contribution in [0, 0.1) is 11.6 Å². The first-order valence-corrected chi connectivity index (χ1v) is 6.30. The third kappa shape index (κ3) is 2.67. The Kier molecular flexibility index (Phi) is 3.43. The molecule has 20 heavy (non-hydrogen) atoms. The van der Waals surface area contributed by atoms with Crippen LogP contribution in [-0.2, 0) is 13.1 Å². The molecule has 1 heterocycles. The molecule has 0 bridgehead atoms. The van der Waals surface area contributed by atoms with Gasteiger partial charge in [-0.15, -0.1) is 0 Å². The normalized spacial score (nSPS) is 11.1. The van der Waals surface area contributed by atoms with Gasteiger partial charge in [0.05, 0.1) is 17.6 Å². The summed E-state index contributed by atoms with van der Waals surface area (Å²) in [4.78, 5) is 7.62. The van der Waals surface area contributed by atoms with Crippen LogP contribution < -0.4 is 5.32 Å². The molecule has 0 spiro atoms. The average Bonchev–Trinajstić information content (AvgIpc) is 2.85. The molecule has 0 fully saturated rings. The lowest BCUT2D eigenvalue weighted by Gasteiger charge is -2.03. The predicted molar refractivity (Wildman–Crippen MR) is 73.0 cm³/mol. The third-order valence-electron chi connectivity index (χ3n) is 3.04. The number of hydrogen-bond acceptors (Lipinski definition) is 2. The van der Waals surface area contributed by atoms with Crippen LogP contribution in [0.3, 0.4) is 0 Å². The number of nitrogens with zero attached hydrogens (tertiary/aromatic N) is 1. The fourth-order valence-electron chi connectivity index (χ4n) is 2.06. The lowest BCUT2D eigenvalue weighted by molar-refractivity contribution is 0.506. The summed E-state index contributed by atoms with van der Waals surface area (Å²) in [7, 11) is 0. The van der Waals surface area contributed by atoms with Crippen molar-refractivity contribution in [2.24, 2.45) is 0 Å². The summed E-state index contributed by atoms with van der Waals surface area (Å²) in [5.41, 5.74) is 2.59. The number of rotatable bonds is 4. The van der Waals surface area contributed by atoms with Crippen molar-refractivity contribution in [1.82, 2.24) is 15.3 Å². The Morgan fingerprint density at radius 3 is 2.65 bits per heavy atom. The van der Waals surface area contributed by atoms with Crippen molar-refractivity contribution in [1.29, 1.82) is 0 Å². The maximum atomic E-state index is 13.0. The number of imidazole rings is 1. The molecule has 0 saturated heterocycles. The molecule has 2 aromatic carbocycles. The van der Waals surface area contributed by atoms with Crippen molar-refractivity contribution in [3.8, 4) is 0 Å². The summed E-state index contributed by atoms with van der Waals surface area (Å²) in [6.45, 7) is 0.988. The molecule has 0 atom stereocenters. The van der Waals surface area contributed by atoms with E-state index < -0.39 is 11.6 Å². The fraction of sp³-hybridized carbons (Fsp3) is 0.133. The number of aromatic amines is 1. The molecule has 0 saturated carbocycles. The number of para-hydroxylation sites is 2. The maximum absolute atomic E-state index is 13.0. The highest BCUT2D eigenvalue weighted by molar-refractivity contribution is 5.74. The van der Waals surface area contributed by atoms with Crippen molar-refractivity contribution >= 4 is 11.0 Å². The van der Waals surface area contributed by atoms with E-state index in [4.69, 9.17) is 0 Å². The average molecular weight is 273 g/mol. The van der Waals surface area contributed by atoms with E-state index in [1.807, 2.05) is 24.3 Å². The molecule has 3 nitrogen and oxygen atoms in total. The molecule has 2 N–H and O–H groups in total. The zero-order valence-electron chi connectivity index (χ0n) is 10.7. The first kappa shape index (κ1) is 12.7. The Hall–Kier alpha value is -2.27. The number of H-pyrrole nitrogens is 1. The Morgan fingerprint density at radius 2 is 1.85 bits per heavy atom. The van der Waals surface area contributed by atoms with Gasteiger partial charge in [-0.2, -0.15) is 0 Å². The Bertz CT molecular complexity index is 704. The maximum Gasteiger partial charge on any atom is 0.159 e. The highest BCUT2D eigenvalue weighted by Crippen LogP contribution is 2.11. The topological polar surface area (TPSA) is 40.7 Å². The lowest BCUT2D eigenvalue weighted by Crippen LogP contribution is -2.13. The second kappa shape index (κ2) is 5.38. The summed E-state index contributed by atoms with van der Waals surface area (Å²) in [5.74, 6) is -0.840. The molecular weight excluding hydrogens is 260 g/mol. The van der Waals surface area contributed by atoms with E-state index in [-0.39, 0.29) is 0 Å². The Labute approximate surface area is 114 Å². The highest BCUT2D eigenvalue weighted by Gasteiger charge is 2.04.